The van der Waals surface area contributed by atoms with E-state index in [1.807, 2.05) is 49.4 Å². The summed E-state index contributed by atoms with van der Waals surface area (Å²) in [6, 6.07) is 18.2. The minimum atomic E-state index is -0.749. The van der Waals surface area contributed by atoms with Crippen LogP contribution < -0.4 is 0 Å². The molecule has 0 fully saturated rings. The van der Waals surface area contributed by atoms with Crippen molar-refractivity contribution in [3.8, 4) is 0 Å². The minimum Gasteiger partial charge on any atom is -0.481 e. The fraction of sp³-hybridized carbons (Fsp3) is 0.278. The average molecular weight is 268 g/mol. The van der Waals surface area contributed by atoms with Crippen molar-refractivity contribution in [2.24, 2.45) is 0 Å². The molecule has 0 aliphatic carbocycles. The van der Waals surface area contributed by atoms with Crippen molar-refractivity contribution in [1.29, 1.82) is 0 Å². The first-order chi connectivity index (χ1) is 9.59. The fourth-order valence-electron chi connectivity index (χ4n) is 2.74. The van der Waals surface area contributed by atoms with Crippen LogP contribution >= 0.6 is 0 Å². The number of rotatable bonds is 5. The molecule has 2 heteroatoms. The van der Waals surface area contributed by atoms with Crippen LogP contribution in [0.2, 0.25) is 0 Å². The second kappa shape index (κ2) is 6.38. The molecule has 0 saturated heterocycles. The standard InChI is InChI=1S/C18H20O2/c1-13-8-6-7-11-16(13)17(12-18(19)20)14(2)15-9-4-3-5-10-15/h3-11,14,17H,12H2,1-2H3,(H,19,20). The van der Waals surface area contributed by atoms with Gasteiger partial charge in [0, 0.05) is 5.92 Å². The highest BCUT2D eigenvalue weighted by Gasteiger charge is 2.24. The monoisotopic (exact) mass is 268 g/mol. The van der Waals surface area contributed by atoms with Crippen LogP contribution in [0, 0.1) is 6.92 Å². The summed E-state index contributed by atoms with van der Waals surface area (Å²) in [6.45, 7) is 4.15. The summed E-state index contributed by atoms with van der Waals surface area (Å²) < 4.78 is 0. The lowest BCUT2D eigenvalue weighted by molar-refractivity contribution is -0.137. The van der Waals surface area contributed by atoms with Crippen LogP contribution in [0.3, 0.4) is 0 Å². The molecule has 0 amide bonds. The van der Waals surface area contributed by atoms with Crippen LogP contribution in [-0.2, 0) is 4.79 Å². The zero-order chi connectivity index (χ0) is 14.5. The SMILES string of the molecule is Cc1ccccc1C(CC(=O)O)C(C)c1ccccc1. The molecule has 2 aromatic carbocycles. The molecule has 0 saturated carbocycles. The van der Waals surface area contributed by atoms with Crippen molar-refractivity contribution in [2.75, 3.05) is 0 Å². The first-order valence-electron chi connectivity index (χ1n) is 6.92. The summed E-state index contributed by atoms with van der Waals surface area (Å²) in [5.41, 5.74) is 3.47. The van der Waals surface area contributed by atoms with Gasteiger partial charge in [-0.1, -0.05) is 61.5 Å². The Morgan fingerprint density at radius 3 is 2.25 bits per heavy atom. The molecular weight excluding hydrogens is 248 g/mol. The first-order valence-corrected chi connectivity index (χ1v) is 6.92. The summed E-state index contributed by atoms with van der Waals surface area (Å²) in [5, 5.41) is 9.23. The van der Waals surface area contributed by atoms with Crippen molar-refractivity contribution in [2.45, 2.75) is 32.1 Å². The van der Waals surface area contributed by atoms with Crippen LogP contribution in [-0.4, -0.2) is 11.1 Å². The second-order valence-electron chi connectivity index (χ2n) is 5.26. The molecule has 0 radical (unpaired) electrons. The maximum absolute atomic E-state index is 11.2. The van der Waals surface area contributed by atoms with Gasteiger partial charge in [0.25, 0.3) is 0 Å². The molecule has 0 aromatic heterocycles. The Bertz CT molecular complexity index is 575. The van der Waals surface area contributed by atoms with Crippen molar-refractivity contribution in [1.82, 2.24) is 0 Å². The molecular formula is C18H20O2. The zero-order valence-corrected chi connectivity index (χ0v) is 11.9. The molecule has 104 valence electrons. The van der Waals surface area contributed by atoms with E-state index in [0.29, 0.717) is 0 Å². The Balaban J connectivity index is 2.38. The van der Waals surface area contributed by atoms with Gasteiger partial charge in [-0.2, -0.15) is 0 Å². The Hall–Kier alpha value is -2.09. The van der Waals surface area contributed by atoms with Crippen LogP contribution in [0.25, 0.3) is 0 Å². The van der Waals surface area contributed by atoms with Gasteiger partial charge < -0.3 is 5.11 Å². The van der Waals surface area contributed by atoms with Gasteiger partial charge in [0.05, 0.1) is 6.42 Å². The molecule has 0 aliphatic rings. The number of hydrogen-bond acceptors (Lipinski definition) is 1. The molecule has 2 aromatic rings. The number of aliphatic carboxylic acids is 1. The Kier molecular flexibility index (Phi) is 4.57. The lowest BCUT2D eigenvalue weighted by Crippen LogP contribution is -2.14. The number of carboxylic acid groups (broad SMARTS) is 1. The average Bonchev–Trinajstić information content (AvgIpc) is 2.46. The predicted molar refractivity (Wildman–Crippen MR) is 81.0 cm³/mol. The minimum absolute atomic E-state index is 0.00361. The van der Waals surface area contributed by atoms with E-state index >= 15 is 0 Å². The van der Waals surface area contributed by atoms with Gasteiger partial charge in [-0.05, 0) is 29.5 Å². The Labute approximate surface area is 120 Å². The molecule has 0 spiro atoms. The van der Waals surface area contributed by atoms with Gasteiger partial charge in [-0.15, -0.1) is 0 Å². The highest BCUT2D eigenvalue weighted by molar-refractivity contribution is 5.68. The molecule has 2 atom stereocenters. The molecule has 1 N–H and O–H groups in total. The molecule has 2 nitrogen and oxygen atoms in total. The van der Waals surface area contributed by atoms with Crippen LogP contribution in [0.5, 0.6) is 0 Å². The second-order valence-corrected chi connectivity index (χ2v) is 5.26. The zero-order valence-electron chi connectivity index (χ0n) is 11.9. The van der Waals surface area contributed by atoms with Crippen LogP contribution in [0.1, 0.15) is 41.9 Å². The van der Waals surface area contributed by atoms with E-state index < -0.39 is 5.97 Å². The van der Waals surface area contributed by atoms with Crippen LogP contribution in [0.4, 0.5) is 0 Å². The van der Waals surface area contributed by atoms with E-state index in [-0.39, 0.29) is 18.3 Å². The summed E-state index contributed by atoms with van der Waals surface area (Å²) in [5.74, 6) is -0.578. The van der Waals surface area contributed by atoms with Gasteiger partial charge in [-0.25, -0.2) is 0 Å². The van der Waals surface area contributed by atoms with Crippen molar-refractivity contribution >= 4 is 5.97 Å². The highest BCUT2D eigenvalue weighted by Crippen LogP contribution is 2.36. The number of hydrogen-bond donors (Lipinski definition) is 1. The molecule has 0 bridgehead atoms. The van der Waals surface area contributed by atoms with Gasteiger partial charge in [0.15, 0.2) is 0 Å². The third kappa shape index (κ3) is 3.27. The number of carbonyl (C=O) groups is 1. The topological polar surface area (TPSA) is 37.3 Å². The Morgan fingerprint density at radius 2 is 1.65 bits per heavy atom. The molecule has 2 unspecified atom stereocenters. The van der Waals surface area contributed by atoms with E-state index in [0.717, 1.165) is 11.1 Å². The number of aryl methyl sites for hydroxylation is 1. The van der Waals surface area contributed by atoms with E-state index in [9.17, 15) is 9.90 Å². The van der Waals surface area contributed by atoms with Crippen LogP contribution in [0.15, 0.2) is 54.6 Å². The summed E-state index contributed by atoms with van der Waals surface area (Å²) in [7, 11) is 0. The third-order valence-electron chi connectivity index (χ3n) is 3.91. The number of carboxylic acids is 1. The quantitative estimate of drug-likeness (QED) is 0.875. The van der Waals surface area contributed by atoms with Gasteiger partial charge in [0.1, 0.15) is 0 Å². The third-order valence-corrected chi connectivity index (χ3v) is 3.91. The first kappa shape index (κ1) is 14.3. The summed E-state index contributed by atoms with van der Waals surface area (Å²) >= 11 is 0. The maximum atomic E-state index is 11.2. The molecule has 2 rings (SSSR count). The normalized spacial score (nSPS) is 13.7. The van der Waals surface area contributed by atoms with E-state index in [2.05, 4.69) is 19.1 Å². The number of benzene rings is 2. The molecule has 0 heterocycles. The summed E-state index contributed by atoms with van der Waals surface area (Å²) in [4.78, 5) is 11.2. The van der Waals surface area contributed by atoms with E-state index in [1.165, 1.54) is 5.56 Å². The maximum Gasteiger partial charge on any atom is 0.303 e. The Morgan fingerprint density at radius 1 is 1.05 bits per heavy atom. The summed E-state index contributed by atoms with van der Waals surface area (Å²) in [6.07, 6.45) is 0.154. The van der Waals surface area contributed by atoms with Gasteiger partial charge in [0.2, 0.25) is 0 Å². The van der Waals surface area contributed by atoms with E-state index in [4.69, 9.17) is 0 Å². The van der Waals surface area contributed by atoms with E-state index in [1.54, 1.807) is 0 Å². The highest BCUT2D eigenvalue weighted by atomic mass is 16.4. The van der Waals surface area contributed by atoms with Crippen molar-refractivity contribution in [3.05, 3.63) is 71.3 Å². The van der Waals surface area contributed by atoms with Gasteiger partial charge in [-0.3, -0.25) is 4.79 Å². The molecule has 0 aliphatic heterocycles. The largest absolute Gasteiger partial charge is 0.481 e. The lowest BCUT2D eigenvalue weighted by Gasteiger charge is -2.25. The predicted octanol–water partition coefficient (Wildman–Crippen LogP) is 4.36. The smallest absolute Gasteiger partial charge is 0.303 e. The lowest BCUT2D eigenvalue weighted by atomic mass is 9.79. The van der Waals surface area contributed by atoms with Gasteiger partial charge >= 0.3 is 5.97 Å². The molecule has 20 heavy (non-hydrogen) atoms. The fourth-order valence-corrected chi connectivity index (χ4v) is 2.74. The van der Waals surface area contributed by atoms with Crippen molar-refractivity contribution in [3.63, 3.8) is 0 Å². The van der Waals surface area contributed by atoms with Crippen molar-refractivity contribution < 1.29 is 9.90 Å².